The summed E-state index contributed by atoms with van der Waals surface area (Å²) in [5.41, 5.74) is 0.815. The van der Waals surface area contributed by atoms with Crippen molar-refractivity contribution in [3.63, 3.8) is 0 Å². The highest BCUT2D eigenvalue weighted by atomic mass is 16.5. The molecule has 1 aliphatic heterocycles. The highest BCUT2D eigenvalue weighted by molar-refractivity contribution is 5.95. The summed E-state index contributed by atoms with van der Waals surface area (Å²) in [6, 6.07) is 7.65. The maximum atomic E-state index is 13.2. The molecule has 0 saturated carbocycles. The second-order valence-corrected chi connectivity index (χ2v) is 10.1. The van der Waals surface area contributed by atoms with E-state index in [9.17, 15) is 9.59 Å². The summed E-state index contributed by atoms with van der Waals surface area (Å²) in [7, 11) is 0. The Bertz CT molecular complexity index is 738. The third-order valence-corrected chi connectivity index (χ3v) is 6.47. The molecule has 174 valence electrons. The fourth-order valence-corrected chi connectivity index (χ4v) is 4.64. The van der Waals surface area contributed by atoms with E-state index in [1.165, 1.54) is 4.90 Å². The second-order valence-electron chi connectivity index (χ2n) is 10.1. The molecule has 0 bridgehead atoms. The second kappa shape index (κ2) is 10.6. The van der Waals surface area contributed by atoms with E-state index in [-0.39, 0.29) is 28.9 Å². The summed E-state index contributed by atoms with van der Waals surface area (Å²) in [6.45, 7) is 15.5. The van der Waals surface area contributed by atoms with Crippen LogP contribution < -0.4 is 4.74 Å². The van der Waals surface area contributed by atoms with Gasteiger partial charge in [0.2, 0.25) is 11.8 Å². The van der Waals surface area contributed by atoms with Gasteiger partial charge in [0, 0.05) is 19.4 Å². The fourth-order valence-electron chi connectivity index (χ4n) is 4.64. The number of ether oxygens (including phenoxy) is 2. The Labute approximate surface area is 188 Å². The number of hydrogen-bond acceptors (Lipinski definition) is 4. The van der Waals surface area contributed by atoms with Gasteiger partial charge >= 0.3 is 0 Å². The van der Waals surface area contributed by atoms with Gasteiger partial charge in [-0.25, -0.2) is 0 Å². The molecule has 0 aromatic heterocycles. The van der Waals surface area contributed by atoms with Gasteiger partial charge in [-0.05, 0) is 76.0 Å². The third kappa shape index (κ3) is 7.06. The SMILES string of the molecule is CCC(=O)N(Cc1ccc(OC(C)C)cc1)C(=O)CCC1(C(C)C)CCOC(C)(C)C1. The molecule has 5 heteroatoms. The number of carbonyl (C=O) groups excluding carboxylic acids is 2. The van der Waals surface area contributed by atoms with Crippen molar-refractivity contribution in [1.82, 2.24) is 4.90 Å². The van der Waals surface area contributed by atoms with Crippen molar-refractivity contribution >= 4 is 11.8 Å². The van der Waals surface area contributed by atoms with Gasteiger partial charge in [0.15, 0.2) is 0 Å². The summed E-state index contributed by atoms with van der Waals surface area (Å²) in [6.07, 6.45) is 3.48. The number of hydrogen-bond donors (Lipinski definition) is 0. The van der Waals surface area contributed by atoms with Crippen LogP contribution in [0.15, 0.2) is 24.3 Å². The maximum absolute atomic E-state index is 13.2. The molecule has 1 aliphatic rings. The molecule has 1 saturated heterocycles. The quantitative estimate of drug-likeness (QED) is 0.499. The molecule has 2 amide bonds. The molecule has 1 aromatic carbocycles. The lowest BCUT2D eigenvalue weighted by Gasteiger charge is -2.48. The molecule has 1 unspecified atom stereocenters. The highest BCUT2D eigenvalue weighted by Crippen LogP contribution is 2.47. The molecule has 1 atom stereocenters. The van der Waals surface area contributed by atoms with Gasteiger partial charge in [0.05, 0.1) is 18.2 Å². The molecular weight excluding hydrogens is 390 g/mol. The maximum Gasteiger partial charge on any atom is 0.229 e. The minimum atomic E-state index is -0.176. The average molecular weight is 432 g/mol. The van der Waals surface area contributed by atoms with Crippen LogP contribution in [0.3, 0.4) is 0 Å². The predicted molar refractivity (Wildman–Crippen MR) is 124 cm³/mol. The van der Waals surface area contributed by atoms with Crippen LogP contribution in [0.1, 0.15) is 86.1 Å². The minimum absolute atomic E-state index is 0.0637. The number of carbonyl (C=O) groups is 2. The lowest BCUT2D eigenvalue weighted by Crippen LogP contribution is -2.45. The average Bonchev–Trinajstić information content (AvgIpc) is 2.69. The van der Waals surface area contributed by atoms with Gasteiger partial charge in [-0.15, -0.1) is 0 Å². The van der Waals surface area contributed by atoms with Gasteiger partial charge in [-0.1, -0.05) is 32.9 Å². The van der Waals surface area contributed by atoms with E-state index >= 15 is 0 Å². The normalized spacial score (nSPS) is 20.7. The van der Waals surface area contributed by atoms with Crippen molar-refractivity contribution in [2.24, 2.45) is 11.3 Å². The summed E-state index contributed by atoms with van der Waals surface area (Å²) < 4.78 is 11.6. The van der Waals surface area contributed by atoms with E-state index in [4.69, 9.17) is 9.47 Å². The Morgan fingerprint density at radius 1 is 1.10 bits per heavy atom. The minimum Gasteiger partial charge on any atom is -0.491 e. The van der Waals surface area contributed by atoms with Crippen LogP contribution >= 0.6 is 0 Å². The largest absolute Gasteiger partial charge is 0.491 e. The van der Waals surface area contributed by atoms with Crippen LogP contribution in [0, 0.1) is 11.3 Å². The number of amides is 2. The molecule has 1 fully saturated rings. The Morgan fingerprint density at radius 2 is 1.74 bits per heavy atom. The summed E-state index contributed by atoms with van der Waals surface area (Å²) in [5.74, 6) is 1.03. The van der Waals surface area contributed by atoms with Crippen LogP contribution in [0.4, 0.5) is 0 Å². The molecule has 0 N–H and O–H groups in total. The number of imide groups is 1. The van der Waals surface area contributed by atoms with Crippen LogP contribution in [0.5, 0.6) is 5.75 Å². The molecule has 1 aromatic rings. The number of rotatable bonds is 9. The summed E-state index contributed by atoms with van der Waals surface area (Å²) in [4.78, 5) is 27.2. The number of nitrogens with zero attached hydrogens (tertiary/aromatic N) is 1. The molecule has 1 heterocycles. The van der Waals surface area contributed by atoms with Crippen LogP contribution in [0.2, 0.25) is 0 Å². The first-order valence-corrected chi connectivity index (χ1v) is 11.7. The zero-order valence-corrected chi connectivity index (χ0v) is 20.5. The zero-order valence-electron chi connectivity index (χ0n) is 20.5. The predicted octanol–water partition coefficient (Wildman–Crippen LogP) is 5.75. The first-order chi connectivity index (χ1) is 14.5. The molecule has 31 heavy (non-hydrogen) atoms. The van der Waals surface area contributed by atoms with Gasteiger partial charge in [-0.2, -0.15) is 0 Å². The Kier molecular flexibility index (Phi) is 8.70. The molecule has 0 radical (unpaired) electrons. The Balaban J connectivity index is 2.09. The van der Waals surface area contributed by atoms with Crippen molar-refractivity contribution in [2.45, 2.75) is 98.8 Å². The van der Waals surface area contributed by atoms with Crippen molar-refractivity contribution < 1.29 is 19.1 Å². The van der Waals surface area contributed by atoms with E-state index in [1.807, 2.05) is 38.1 Å². The van der Waals surface area contributed by atoms with E-state index in [0.717, 1.165) is 37.2 Å². The molecule has 0 aliphatic carbocycles. The van der Waals surface area contributed by atoms with E-state index in [2.05, 4.69) is 27.7 Å². The van der Waals surface area contributed by atoms with Crippen LogP contribution in [-0.4, -0.2) is 35.0 Å². The fraction of sp³-hybridized carbons (Fsp3) is 0.692. The van der Waals surface area contributed by atoms with E-state index in [1.54, 1.807) is 6.92 Å². The standard InChI is InChI=1S/C26H41NO4/c1-8-23(28)27(17-21-9-11-22(12-10-21)31-20(4)5)24(29)13-14-26(19(2)3)15-16-30-25(6,7)18-26/h9-12,19-20H,8,13-18H2,1-7H3. The van der Waals surface area contributed by atoms with Crippen molar-refractivity contribution in [3.05, 3.63) is 29.8 Å². The highest BCUT2D eigenvalue weighted by Gasteiger charge is 2.43. The van der Waals surface area contributed by atoms with Crippen molar-refractivity contribution in [1.29, 1.82) is 0 Å². The smallest absolute Gasteiger partial charge is 0.229 e. The van der Waals surface area contributed by atoms with Gasteiger partial charge in [0.1, 0.15) is 5.75 Å². The summed E-state index contributed by atoms with van der Waals surface area (Å²) in [5, 5.41) is 0. The van der Waals surface area contributed by atoms with Crippen LogP contribution in [0.25, 0.3) is 0 Å². The van der Waals surface area contributed by atoms with Crippen molar-refractivity contribution in [2.75, 3.05) is 6.61 Å². The molecule has 0 spiro atoms. The van der Waals surface area contributed by atoms with E-state index in [0.29, 0.717) is 25.3 Å². The molecule has 5 nitrogen and oxygen atoms in total. The number of benzene rings is 1. The van der Waals surface area contributed by atoms with Crippen LogP contribution in [-0.2, 0) is 20.9 Å². The molecular formula is C26H41NO4. The summed E-state index contributed by atoms with van der Waals surface area (Å²) >= 11 is 0. The van der Waals surface area contributed by atoms with Gasteiger partial charge in [0.25, 0.3) is 0 Å². The van der Waals surface area contributed by atoms with Gasteiger partial charge in [-0.3, -0.25) is 14.5 Å². The first kappa shape index (κ1) is 25.4. The lowest BCUT2D eigenvalue weighted by atomic mass is 9.64. The van der Waals surface area contributed by atoms with Crippen molar-refractivity contribution in [3.8, 4) is 5.75 Å². The van der Waals surface area contributed by atoms with Gasteiger partial charge < -0.3 is 9.47 Å². The van der Waals surface area contributed by atoms with E-state index < -0.39 is 0 Å². The Hall–Kier alpha value is -1.88. The third-order valence-electron chi connectivity index (χ3n) is 6.47. The Morgan fingerprint density at radius 3 is 2.26 bits per heavy atom. The zero-order chi connectivity index (χ0) is 23.2. The first-order valence-electron chi connectivity index (χ1n) is 11.7. The lowest BCUT2D eigenvalue weighted by molar-refractivity contribution is -0.148. The molecule has 2 rings (SSSR count). The topological polar surface area (TPSA) is 55.8 Å². The monoisotopic (exact) mass is 431 g/mol.